The van der Waals surface area contributed by atoms with Gasteiger partial charge in [-0.3, -0.25) is 14.9 Å². The molecule has 0 heterocycles. The molecular weight excluding hydrogens is 406 g/mol. The quantitative estimate of drug-likeness (QED) is 0.237. The molecule has 1 N–H and O–H groups in total. The van der Waals surface area contributed by atoms with E-state index in [9.17, 15) is 20.2 Å². The van der Waals surface area contributed by atoms with Gasteiger partial charge in [-0.1, -0.05) is 48.5 Å². The number of nitro benzene ring substituents is 1. The predicted octanol–water partition coefficient (Wildman–Crippen LogP) is 4.96. The monoisotopic (exact) mass is 427 g/mol. The zero-order valence-corrected chi connectivity index (χ0v) is 17.4. The Hall–Kier alpha value is -4.44. The van der Waals surface area contributed by atoms with Crippen LogP contribution in [0.15, 0.2) is 84.4 Å². The van der Waals surface area contributed by atoms with Gasteiger partial charge in [0.25, 0.3) is 11.6 Å². The van der Waals surface area contributed by atoms with Crippen LogP contribution in [0.1, 0.15) is 29.7 Å². The molecule has 1 atom stereocenters. The molecule has 0 aliphatic heterocycles. The van der Waals surface area contributed by atoms with Gasteiger partial charge in [-0.15, -0.1) is 0 Å². The second-order valence-corrected chi connectivity index (χ2v) is 7.03. The Bertz CT molecular complexity index is 1170. The van der Waals surface area contributed by atoms with Crippen molar-refractivity contribution in [2.75, 3.05) is 0 Å². The summed E-state index contributed by atoms with van der Waals surface area (Å²) in [6.07, 6.45) is 1.48. The van der Waals surface area contributed by atoms with Crippen molar-refractivity contribution in [1.82, 2.24) is 5.32 Å². The SMILES string of the molecule is C[C@H](NC(=O)/C(C#N)=C/c1ccccc1OCc1ccc([N+](=O)[O-])cc1)c1ccccc1. The van der Waals surface area contributed by atoms with Gasteiger partial charge in [-0.05, 0) is 42.3 Å². The number of nitrogens with zero attached hydrogens (tertiary/aromatic N) is 2. The summed E-state index contributed by atoms with van der Waals surface area (Å²) in [7, 11) is 0. The number of carbonyl (C=O) groups excluding carboxylic acids is 1. The Morgan fingerprint density at radius 2 is 1.75 bits per heavy atom. The fraction of sp³-hybridized carbons (Fsp3) is 0.120. The molecule has 0 spiro atoms. The third-order valence-corrected chi connectivity index (χ3v) is 4.77. The van der Waals surface area contributed by atoms with Gasteiger partial charge in [0, 0.05) is 17.7 Å². The molecule has 32 heavy (non-hydrogen) atoms. The first-order valence-electron chi connectivity index (χ1n) is 9.90. The third-order valence-electron chi connectivity index (χ3n) is 4.77. The number of hydrogen-bond acceptors (Lipinski definition) is 5. The van der Waals surface area contributed by atoms with Crippen molar-refractivity contribution in [1.29, 1.82) is 5.26 Å². The number of ether oxygens (including phenoxy) is 1. The number of nitro groups is 1. The molecule has 0 bridgehead atoms. The second kappa shape index (κ2) is 10.5. The molecule has 0 fully saturated rings. The van der Waals surface area contributed by atoms with E-state index < -0.39 is 10.8 Å². The van der Waals surface area contributed by atoms with Crippen LogP contribution in [0.5, 0.6) is 5.75 Å². The molecule has 160 valence electrons. The number of hydrogen-bond donors (Lipinski definition) is 1. The maximum absolute atomic E-state index is 12.6. The molecular formula is C25H21N3O4. The highest BCUT2D eigenvalue weighted by atomic mass is 16.6. The lowest BCUT2D eigenvalue weighted by atomic mass is 10.1. The maximum Gasteiger partial charge on any atom is 0.269 e. The van der Waals surface area contributed by atoms with Gasteiger partial charge < -0.3 is 10.1 Å². The zero-order valence-electron chi connectivity index (χ0n) is 17.4. The highest BCUT2D eigenvalue weighted by molar-refractivity contribution is 6.02. The van der Waals surface area contributed by atoms with Crippen molar-refractivity contribution in [2.45, 2.75) is 19.6 Å². The van der Waals surface area contributed by atoms with Gasteiger partial charge in [0.2, 0.25) is 0 Å². The number of benzene rings is 3. The average molecular weight is 427 g/mol. The van der Waals surface area contributed by atoms with E-state index in [2.05, 4.69) is 5.32 Å². The van der Waals surface area contributed by atoms with Crippen LogP contribution in [0.2, 0.25) is 0 Å². The van der Waals surface area contributed by atoms with E-state index in [1.54, 1.807) is 36.4 Å². The highest BCUT2D eigenvalue weighted by Gasteiger charge is 2.15. The number of carbonyl (C=O) groups is 1. The molecule has 7 heteroatoms. The summed E-state index contributed by atoms with van der Waals surface area (Å²) in [5.74, 6) is 0.0107. The molecule has 0 aromatic heterocycles. The van der Waals surface area contributed by atoms with Crippen molar-refractivity contribution < 1.29 is 14.5 Å². The lowest BCUT2D eigenvalue weighted by Crippen LogP contribution is -2.27. The molecule has 0 saturated carbocycles. The fourth-order valence-corrected chi connectivity index (χ4v) is 3.01. The maximum atomic E-state index is 12.6. The topological polar surface area (TPSA) is 105 Å². The van der Waals surface area contributed by atoms with Gasteiger partial charge in [0.1, 0.15) is 24.0 Å². The minimum atomic E-state index is -0.478. The molecule has 0 saturated heterocycles. The van der Waals surface area contributed by atoms with Crippen LogP contribution in [-0.2, 0) is 11.4 Å². The second-order valence-electron chi connectivity index (χ2n) is 7.03. The van der Waals surface area contributed by atoms with Crippen molar-refractivity contribution in [3.8, 4) is 11.8 Å². The molecule has 0 unspecified atom stereocenters. The van der Waals surface area contributed by atoms with Crippen LogP contribution in [-0.4, -0.2) is 10.8 Å². The number of nitrogens with one attached hydrogen (secondary N) is 1. The summed E-state index contributed by atoms with van der Waals surface area (Å²) in [5, 5.41) is 23.1. The molecule has 3 aromatic carbocycles. The minimum Gasteiger partial charge on any atom is -0.488 e. The smallest absolute Gasteiger partial charge is 0.269 e. The first kappa shape index (κ1) is 22.2. The van der Waals surface area contributed by atoms with Crippen molar-refractivity contribution in [2.24, 2.45) is 0 Å². The van der Waals surface area contributed by atoms with E-state index in [1.165, 1.54) is 18.2 Å². The molecule has 7 nitrogen and oxygen atoms in total. The number of para-hydroxylation sites is 1. The zero-order chi connectivity index (χ0) is 22.9. The van der Waals surface area contributed by atoms with E-state index in [1.807, 2.05) is 43.3 Å². The Kier molecular flexibility index (Phi) is 7.33. The van der Waals surface area contributed by atoms with Crippen LogP contribution in [0, 0.1) is 21.4 Å². The van der Waals surface area contributed by atoms with Crippen LogP contribution in [0.4, 0.5) is 5.69 Å². The Labute approximate surface area is 185 Å². The van der Waals surface area contributed by atoms with Gasteiger partial charge in [0.15, 0.2) is 0 Å². The average Bonchev–Trinajstić information content (AvgIpc) is 2.82. The molecule has 0 radical (unpaired) electrons. The largest absolute Gasteiger partial charge is 0.488 e. The first-order chi connectivity index (χ1) is 15.5. The molecule has 3 aromatic rings. The van der Waals surface area contributed by atoms with Crippen LogP contribution in [0.3, 0.4) is 0 Å². The Morgan fingerprint density at radius 3 is 2.41 bits per heavy atom. The van der Waals surface area contributed by atoms with E-state index in [4.69, 9.17) is 4.74 Å². The number of rotatable bonds is 8. The molecule has 0 aliphatic carbocycles. The molecule has 1 amide bonds. The summed E-state index contributed by atoms with van der Waals surface area (Å²) in [6.45, 7) is 2.03. The van der Waals surface area contributed by atoms with Crippen LogP contribution < -0.4 is 10.1 Å². The van der Waals surface area contributed by atoms with E-state index in [0.29, 0.717) is 11.3 Å². The Balaban J connectivity index is 1.73. The summed E-state index contributed by atoms with van der Waals surface area (Å²) >= 11 is 0. The summed E-state index contributed by atoms with van der Waals surface area (Å²) in [5.41, 5.74) is 2.23. The predicted molar refractivity (Wildman–Crippen MR) is 120 cm³/mol. The van der Waals surface area contributed by atoms with Crippen molar-refractivity contribution in [3.63, 3.8) is 0 Å². The summed E-state index contributed by atoms with van der Waals surface area (Å²) < 4.78 is 5.84. The fourth-order valence-electron chi connectivity index (χ4n) is 3.01. The van der Waals surface area contributed by atoms with Gasteiger partial charge in [-0.25, -0.2) is 0 Å². The summed E-state index contributed by atoms with van der Waals surface area (Å²) in [6, 6.07) is 24.3. The lowest BCUT2D eigenvalue weighted by Gasteiger charge is -2.14. The number of non-ortho nitro benzene ring substituents is 1. The molecule has 3 rings (SSSR count). The lowest BCUT2D eigenvalue weighted by molar-refractivity contribution is -0.384. The van der Waals surface area contributed by atoms with Gasteiger partial charge >= 0.3 is 0 Å². The van der Waals surface area contributed by atoms with Crippen LogP contribution in [0.25, 0.3) is 6.08 Å². The summed E-state index contributed by atoms with van der Waals surface area (Å²) in [4.78, 5) is 23.0. The van der Waals surface area contributed by atoms with Crippen molar-refractivity contribution in [3.05, 3.63) is 111 Å². The van der Waals surface area contributed by atoms with E-state index >= 15 is 0 Å². The standard InChI is InChI=1S/C25H21N3O4/c1-18(20-7-3-2-4-8-20)27-25(29)22(16-26)15-21-9-5-6-10-24(21)32-17-19-11-13-23(14-12-19)28(30)31/h2-15,18H,17H2,1H3,(H,27,29)/b22-15+/t18-/m0/s1. The number of amides is 1. The van der Waals surface area contributed by atoms with Gasteiger partial charge in [-0.2, -0.15) is 5.26 Å². The van der Waals surface area contributed by atoms with E-state index in [0.717, 1.165) is 11.1 Å². The minimum absolute atomic E-state index is 0.00601. The molecule has 0 aliphatic rings. The first-order valence-corrected chi connectivity index (χ1v) is 9.90. The van der Waals surface area contributed by atoms with Gasteiger partial charge in [0.05, 0.1) is 11.0 Å². The normalized spacial score (nSPS) is 11.8. The number of nitriles is 1. The van der Waals surface area contributed by atoms with Crippen molar-refractivity contribution >= 4 is 17.7 Å². The Morgan fingerprint density at radius 1 is 1.09 bits per heavy atom. The van der Waals surface area contributed by atoms with Crippen LogP contribution >= 0.6 is 0 Å². The highest BCUT2D eigenvalue weighted by Crippen LogP contribution is 2.23. The third kappa shape index (κ3) is 5.80. The van der Waals surface area contributed by atoms with E-state index in [-0.39, 0.29) is 23.9 Å².